The van der Waals surface area contributed by atoms with Crippen molar-refractivity contribution in [3.63, 3.8) is 0 Å². The highest BCUT2D eigenvalue weighted by molar-refractivity contribution is 6.33. The molecule has 1 N–H and O–H groups in total. The monoisotopic (exact) mass is 342 g/mol. The second-order valence-electron chi connectivity index (χ2n) is 4.73. The standard InChI is InChI=1S/C16H11ClN4O3/c17-15-3-1-12(21(22)23)9-14(15)16-4-2-13(24-16)10-19-20-11-5-7-18-8-6-11/h1-10H,(H,18,20)/b19-10+. The van der Waals surface area contributed by atoms with E-state index in [-0.39, 0.29) is 5.69 Å². The Bertz CT molecular complexity index is 893. The molecule has 2 heterocycles. The summed E-state index contributed by atoms with van der Waals surface area (Å²) < 4.78 is 5.61. The highest BCUT2D eigenvalue weighted by Crippen LogP contribution is 2.32. The first-order valence-electron chi connectivity index (χ1n) is 6.87. The van der Waals surface area contributed by atoms with Crippen molar-refractivity contribution in [3.8, 4) is 11.3 Å². The van der Waals surface area contributed by atoms with Crippen molar-refractivity contribution in [2.75, 3.05) is 5.43 Å². The van der Waals surface area contributed by atoms with Gasteiger partial charge in [-0.1, -0.05) is 11.6 Å². The van der Waals surface area contributed by atoms with Crippen LogP contribution in [0.1, 0.15) is 5.76 Å². The summed E-state index contributed by atoms with van der Waals surface area (Å²) in [7, 11) is 0. The number of nitro groups is 1. The van der Waals surface area contributed by atoms with Crippen LogP contribution < -0.4 is 5.43 Å². The molecular weight excluding hydrogens is 332 g/mol. The Morgan fingerprint density at radius 3 is 2.75 bits per heavy atom. The quantitative estimate of drug-likeness (QED) is 0.422. The number of halogens is 1. The first kappa shape index (κ1) is 15.7. The lowest BCUT2D eigenvalue weighted by Crippen LogP contribution is -1.89. The molecule has 8 heteroatoms. The van der Waals surface area contributed by atoms with Crippen LogP contribution in [0.25, 0.3) is 11.3 Å². The molecule has 0 saturated heterocycles. The lowest BCUT2D eigenvalue weighted by Gasteiger charge is -2.00. The smallest absolute Gasteiger partial charge is 0.270 e. The second-order valence-corrected chi connectivity index (χ2v) is 5.14. The van der Waals surface area contributed by atoms with Gasteiger partial charge in [0.2, 0.25) is 0 Å². The number of benzene rings is 1. The molecule has 1 aromatic carbocycles. The molecule has 0 aliphatic heterocycles. The van der Waals surface area contributed by atoms with E-state index in [4.69, 9.17) is 16.0 Å². The van der Waals surface area contributed by atoms with Crippen molar-refractivity contribution in [1.29, 1.82) is 0 Å². The summed E-state index contributed by atoms with van der Waals surface area (Å²) >= 11 is 6.09. The molecule has 0 atom stereocenters. The van der Waals surface area contributed by atoms with Gasteiger partial charge in [0.1, 0.15) is 11.5 Å². The van der Waals surface area contributed by atoms with Crippen LogP contribution in [0.15, 0.2) is 64.4 Å². The first-order valence-corrected chi connectivity index (χ1v) is 7.24. The molecule has 2 aromatic heterocycles. The average Bonchev–Trinajstić information content (AvgIpc) is 3.04. The number of pyridine rings is 1. The van der Waals surface area contributed by atoms with Crippen molar-refractivity contribution in [1.82, 2.24) is 4.98 Å². The van der Waals surface area contributed by atoms with Gasteiger partial charge in [0, 0.05) is 30.1 Å². The van der Waals surface area contributed by atoms with Crippen LogP contribution in [0.4, 0.5) is 11.4 Å². The Balaban J connectivity index is 1.78. The summed E-state index contributed by atoms with van der Waals surface area (Å²) in [6.45, 7) is 0. The molecule has 0 unspecified atom stereocenters. The maximum atomic E-state index is 10.9. The van der Waals surface area contributed by atoms with Crippen LogP contribution in [0.3, 0.4) is 0 Å². The number of hydrogen-bond acceptors (Lipinski definition) is 6. The van der Waals surface area contributed by atoms with E-state index in [2.05, 4.69) is 15.5 Å². The number of hydrogen-bond donors (Lipinski definition) is 1. The van der Waals surface area contributed by atoms with Crippen LogP contribution in [0.5, 0.6) is 0 Å². The molecule has 0 radical (unpaired) electrons. The van der Waals surface area contributed by atoms with Gasteiger partial charge in [0.15, 0.2) is 0 Å². The molecule has 0 amide bonds. The average molecular weight is 343 g/mol. The van der Waals surface area contributed by atoms with Crippen molar-refractivity contribution in [2.24, 2.45) is 5.10 Å². The molecule has 0 aliphatic carbocycles. The third kappa shape index (κ3) is 3.58. The number of furan rings is 1. The van der Waals surface area contributed by atoms with Crippen LogP contribution in [-0.4, -0.2) is 16.1 Å². The molecule has 24 heavy (non-hydrogen) atoms. The van der Waals surface area contributed by atoms with E-state index in [1.807, 2.05) is 0 Å². The van der Waals surface area contributed by atoms with Crippen LogP contribution in [0, 0.1) is 10.1 Å². The van der Waals surface area contributed by atoms with Crippen LogP contribution in [-0.2, 0) is 0 Å². The lowest BCUT2D eigenvalue weighted by atomic mass is 10.1. The number of nitro benzene ring substituents is 1. The van der Waals surface area contributed by atoms with Crippen molar-refractivity contribution in [3.05, 3.63) is 75.8 Å². The van der Waals surface area contributed by atoms with E-state index in [0.717, 1.165) is 5.69 Å². The minimum atomic E-state index is -0.482. The number of anilines is 1. The first-order chi connectivity index (χ1) is 11.6. The summed E-state index contributed by atoms with van der Waals surface area (Å²) in [5, 5.41) is 15.3. The van der Waals surface area contributed by atoms with Crippen LogP contribution >= 0.6 is 11.6 Å². The topological polar surface area (TPSA) is 93.6 Å². The SMILES string of the molecule is O=[N+]([O-])c1ccc(Cl)c(-c2ccc(/C=N/Nc3ccncc3)o2)c1. The van der Waals surface area contributed by atoms with Crippen molar-refractivity contribution >= 4 is 29.2 Å². The molecule has 0 fully saturated rings. The normalized spacial score (nSPS) is 10.9. The Hall–Kier alpha value is -3.19. The van der Waals surface area contributed by atoms with E-state index in [0.29, 0.717) is 22.1 Å². The molecule has 0 saturated carbocycles. The summed E-state index contributed by atoms with van der Waals surface area (Å²) in [5.41, 5.74) is 4.01. The highest BCUT2D eigenvalue weighted by atomic mass is 35.5. The second kappa shape index (κ2) is 6.93. The zero-order valence-corrected chi connectivity index (χ0v) is 13.0. The predicted octanol–water partition coefficient (Wildman–Crippen LogP) is 4.35. The number of rotatable bonds is 5. The summed E-state index contributed by atoms with van der Waals surface area (Å²) in [5.74, 6) is 0.906. The number of aromatic nitrogens is 1. The molecule has 0 bridgehead atoms. The molecule has 120 valence electrons. The Labute approximate surface area is 141 Å². The fourth-order valence-electron chi connectivity index (χ4n) is 1.98. The summed E-state index contributed by atoms with van der Waals surface area (Å²) in [6.07, 6.45) is 4.79. The molecule has 3 aromatic rings. The van der Waals surface area contributed by atoms with Gasteiger partial charge >= 0.3 is 0 Å². The Kier molecular flexibility index (Phi) is 4.53. The van der Waals surface area contributed by atoms with Crippen LogP contribution in [0.2, 0.25) is 5.02 Å². The van der Waals surface area contributed by atoms with Gasteiger partial charge in [-0.15, -0.1) is 0 Å². The van der Waals surface area contributed by atoms with Gasteiger partial charge in [-0.25, -0.2) is 0 Å². The summed E-state index contributed by atoms with van der Waals surface area (Å²) in [6, 6.07) is 11.1. The van der Waals surface area contributed by atoms with E-state index >= 15 is 0 Å². The van der Waals surface area contributed by atoms with E-state index in [1.54, 1.807) is 36.7 Å². The number of non-ortho nitro benzene ring substituents is 1. The fourth-order valence-corrected chi connectivity index (χ4v) is 2.19. The number of hydrazone groups is 1. The van der Waals surface area contributed by atoms with Gasteiger partial charge in [0.05, 0.1) is 21.8 Å². The van der Waals surface area contributed by atoms with Crippen molar-refractivity contribution < 1.29 is 9.34 Å². The zero-order valence-electron chi connectivity index (χ0n) is 12.2. The number of nitrogens with zero attached hydrogens (tertiary/aromatic N) is 3. The molecule has 0 spiro atoms. The zero-order chi connectivity index (χ0) is 16.9. The molecular formula is C16H11ClN4O3. The minimum Gasteiger partial charge on any atom is -0.455 e. The van der Waals surface area contributed by atoms with E-state index in [1.165, 1.54) is 24.4 Å². The van der Waals surface area contributed by atoms with E-state index < -0.39 is 4.92 Å². The van der Waals surface area contributed by atoms with Gasteiger partial charge in [-0.2, -0.15) is 5.10 Å². The van der Waals surface area contributed by atoms with Gasteiger partial charge in [-0.3, -0.25) is 20.5 Å². The molecule has 7 nitrogen and oxygen atoms in total. The third-order valence-corrected chi connectivity index (χ3v) is 3.45. The summed E-state index contributed by atoms with van der Waals surface area (Å²) in [4.78, 5) is 14.3. The van der Waals surface area contributed by atoms with E-state index in [9.17, 15) is 10.1 Å². The Morgan fingerprint density at radius 2 is 2.00 bits per heavy atom. The Morgan fingerprint density at radius 1 is 1.21 bits per heavy atom. The predicted molar refractivity (Wildman–Crippen MR) is 91.3 cm³/mol. The third-order valence-electron chi connectivity index (χ3n) is 3.12. The van der Waals surface area contributed by atoms with Gasteiger partial charge in [-0.05, 0) is 30.3 Å². The lowest BCUT2D eigenvalue weighted by molar-refractivity contribution is -0.384. The maximum absolute atomic E-state index is 10.9. The molecule has 0 aliphatic rings. The van der Waals surface area contributed by atoms with Gasteiger partial charge < -0.3 is 4.42 Å². The highest BCUT2D eigenvalue weighted by Gasteiger charge is 2.14. The molecule has 3 rings (SSSR count). The van der Waals surface area contributed by atoms with Crippen molar-refractivity contribution in [2.45, 2.75) is 0 Å². The largest absolute Gasteiger partial charge is 0.455 e. The fraction of sp³-hybridized carbons (Fsp3) is 0. The van der Waals surface area contributed by atoms with Gasteiger partial charge in [0.25, 0.3) is 5.69 Å². The minimum absolute atomic E-state index is 0.0552. The number of nitrogens with one attached hydrogen (secondary N) is 1. The maximum Gasteiger partial charge on any atom is 0.270 e.